The molecule has 1 aliphatic heterocycles. The largest absolute Gasteiger partial charge is 0.332 e. The molecule has 0 unspecified atom stereocenters. The second kappa shape index (κ2) is 3.94. The molecule has 0 spiro atoms. The second-order valence-electron chi connectivity index (χ2n) is 4.26. The Hall–Kier alpha value is -0.870. The SMILES string of the molecule is CC(C)N1C(=O)C[C@H](N)[C@H]1c1ccsc1. The Morgan fingerprint density at radius 1 is 1.60 bits per heavy atom. The van der Waals surface area contributed by atoms with Crippen LogP contribution in [0, 0.1) is 0 Å². The van der Waals surface area contributed by atoms with Gasteiger partial charge in [0.05, 0.1) is 6.04 Å². The number of hydrogen-bond acceptors (Lipinski definition) is 3. The molecule has 1 aliphatic rings. The lowest BCUT2D eigenvalue weighted by atomic mass is 10.0. The normalized spacial score (nSPS) is 26.7. The summed E-state index contributed by atoms with van der Waals surface area (Å²) in [6, 6.07) is 2.29. The van der Waals surface area contributed by atoms with Crippen molar-refractivity contribution in [1.29, 1.82) is 0 Å². The van der Waals surface area contributed by atoms with Gasteiger partial charge in [-0.25, -0.2) is 0 Å². The molecule has 1 aromatic rings. The first-order chi connectivity index (χ1) is 7.11. The average Bonchev–Trinajstić information content (AvgIpc) is 2.71. The first-order valence-corrected chi connectivity index (χ1v) is 6.14. The third-order valence-corrected chi connectivity index (χ3v) is 3.55. The van der Waals surface area contributed by atoms with E-state index in [1.807, 2.05) is 24.1 Å². The summed E-state index contributed by atoms with van der Waals surface area (Å²) >= 11 is 1.65. The third-order valence-electron chi connectivity index (χ3n) is 2.84. The zero-order valence-electron chi connectivity index (χ0n) is 9.01. The van der Waals surface area contributed by atoms with Crippen molar-refractivity contribution in [3.8, 4) is 0 Å². The zero-order valence-corrected chi connectivity index (χ0v) is 9.83. The molecule has 1 saturated heterocycles. The molecule has 2 heterocycles. The molecule has 2 rings (SSSR count). The van der Waals surface area contributed by atoms with Crippen LogP contribution in [0.25, 0.3) is 0 Å². The van der Waals surface area contributed by atoms with Gasteiger partial charge in [-0.05, 0) is 36.2 Å². The van der Waals surface area contributed by atoms with Crippen molar-refractivity contribution in [2.24, 2.45) is 5.73 Å². The van der Waals surface area contributed by atoms with Crippen LogP contribution >= 0.6 is 11.3 Å². The van der Waals surface area contributed by atoms with E-state index in [9.17, 15) is 4.79 Å². The fourth-order valence-corrected chi connectivity index (χ4v) is 2.93. The van der Waals surface area contributed by atoms with Crippen LogP contribution in [-0.4, -0.2) is 22.9 Å². The zero-order chi connectivity index (χ0) is 11.0. The fourth-order valence-electron chi connectivity index (χ4n) is 2.24. The molecular weight excluding hydrogens is 208 g/mol. The highest BCUT2D eigenvalue weighted by Gasteiger charge is 2.39. The van der Waals surface area contributed by atoms with Crippen molar-refractivity contribution >= 4 is 17.2 Å². The Kier molecular flexibility index (Phi) is 2.80. The maximum atomic E-state index is 11.8. The molecule has 2 atom stereocenters. The first-order valence-electron chi connectivity index (χ1n) is 5.20. The van der Waals surface area contributed by atoms with Crippen molar-refractivity contribution in [3.63, 3.8) is 0 Å². The number of amides is 1. The Morgan fingerprint density at radius 3 is 2.87 bits per heavy atom. The maximum Gasteiger partial charge on any atom is 0.225 e. The van der Waals surface area contributed by atoms with Crippen LogP contribution in [0.4, 0.5) is 0 Å². The van der Waals surface area contributed by atoms with Gasteiger partial charge in [-0.15, -0.1) is 0 Å². The number of carbonyl (C=O) groups excluding carboxylic acids is 1. The first kappa shape index (κ1) is 10.6. The summed E-state index contributed by atoms with van der Waals surface area (Å²) in [5, 5.41) is 4.11. The molecule has 4 heteroatoms. The van der Waals surface area contributed by atoms with Gasteiger partial charge in [-0.3, -0.25) is 4.79 Å². The molecule has 0 radical (unpaired) electrons. The summed E-state index contributed by atoms with van der Waals surface area (Å²) in [5.41, 5.74) is 7.20. The summed E-state index contributed by atoms with van der Waals surface area (Å²) in [6.07, 6.45) is 0.471. The van der Waals surface area contributed by atoms with Crippen molar-refractivity contribution in [2.75, 3.05) is 0 Å². The number of nitrogens with two attached hydrogens (primary N) is 1. The van der Waals surface area contributed by atoms with Gasteiger partial charge in [0, 0.05) is 18.5 Å². The minimum atomic E-state index is -0.0606. The lowest BCUT2D eigenvalue weighted by Crippen LogP contribution is -2.37. The summed E-state index contributed by atoms with van der Waals surface area (Å²) in [6.45, 7) is 4.07. The lowest BCUT2D eigenvalue weighted by Gasteiger charge is -2.29. The predicted molar refractivity (Wildman–Crippen MR) is 61.6 cm³/mol. The highest BCUT2D eigenvalue weighted by molar-refractivity contribution is 7.08. The molecule has 2 N–H and O–H groups in total. The van der Waals surface area contributed by atoms with Crippen LogP contribution < -0.4 is 5.73 Å². The van der Waals surface area contributed by atoms with Crippen LogP contribution in [0.1, 0.15) is 31.9 Å². The quantitative estimate of drug-likeness (QED) is 0.832. The average molecular weight is 224 g/mol. The van der Waals surface area contributed by atoms with E-state index in [0.717, 1.165) is 0 Å². The van der Waals surface area contributed by atoms with E-state index in [1.165, 1.54) is 5.56 Å². The molecule has 82 valence electrons. The number of hydrogen-bond donors (Lipinski definition) is 1. The lowest BCUT2D eigenvalue weighted by molar-refractivity contribution is -0.130. The third kappa shape index (κ3) is 1.79. The van der Waals surface area contributed by atoms with E-state index in [4.69, 9.17) is 5.73 Å². The fraction of sp³-hybridized carbons (Fsp3) is 0.545. The van der Waals surface area contributed by atoms with Gasteiger partial charge in [-0.1, -0.05) is 0 Å². The van der Waals surface area contributed by atoms with Crippen LogP contribution in [0.5, 0.6) is 0 Å². The smallest absolute Gasteiger partial charge is 0.225 e. The maximum absolute atomic E-state index is 11.8. The molecule has 1 fully saturated rings. The highest BCUT2D eigenvalue weighted by atomic mass is 32.1. The molecule has 1 aromatic heterocycles. The van der Waals surface area contributed by atoms with Crippen LogP contribution in [0.2, 0.25) is 0 Å². The molecule has 0 aliphatic carbocycles. The van der Waals surface area contributed by atoms with Crippen molar-refractivity contribution < 1.29 is 4.79 Å². The number of thiophene rings is 1. The van der Waals surface area contributed by atoms with E-state index in [0.29, 0.717) is 6.42 Å². The Balaban J connectivity index is 2.32. The number of rotatable bonds is 2. The minimum Gasteiger partial charge on any atom is -0.332 e. The summed E-state index contributed by atoms with van der Waals surface area (Å²) in [7, 11) is 0. The molecule has 15 heavy (non-hydrogen) atoms. The number of carbonyl (C=O) groups is 1. The Labute approximate surface area is 93.9 Å². The van der Waals surface area contributed by atoms with E-state index in [1.54, 1.807) is 11.3 Å². The van der Waals surface area contributed by atoms with Crippen molar-refractivity contribution in [3.05, 3.63) is 22.4 Å². The van der Waals surface area contributed by atoms with Crippen LogP contribution in [0.3, 0.4) is 0 Å². The molecule has 0 bridgehead atoms. The van der Waals surface area contributed by atoms with E-state index < -0.39 is 0 Å². The number of likely N-dealkylation sites (tertiary alicyclic amines) is 1. The van der Waals surface area contributed by atoms with E-state index >= 15 is 0 Å². The highest BCUT2D eigenvalue weighted by Crippen LogP contribution is 2.34. The van der Waals surface area contributed by atoms with Gasteiger partial charge >= 0.3 is 0 Å². The van der Waals surface area contributed by atoms with Crippen LogP contribution in [0.15, 0.2) is 16.8 Å². The van der Waals surface area contributed by atoms with Gasteiger partial charge in [0.25, 0.3) is 0 Å². The van der Waals surface area contributed by atoms with Gasteiger partial charge in [-0.2, -0.15) is 11.3 Å². The molecule has 3 nitrogen and oxygen atoms in total. The molecule has 1 amide bonds. The van der Waals surface area contributed by atoms with E-state index in [-0.39, 0.29) is 24.0 Å². The summed E-state index contributed by atoms with van der Waals surface area (Å²) < 4.78 is 0. The Morgan fingerprint density at radius 2 is 2.33 bits per heavy atom. The summed E-state index contributed by atoms with van der Waals surface area (Å²) in [4.78, 5) is 13.7. The molecular formula is C11H16N2OS. The van der Waals surface area contributed by atoms with Crippen molar-refractivity contribution in [1.82, 2.24) is 4.90 Å². The topological polar surface area (TPSA) is 46.3 Å². The molecule has 0 saturated carbocycles. The standard InChI is InChI=1S/C11H16N2OS/c1-7(2)13-10(14)5-9(12)11(13)8-3-4-15-6-8/h3-4,6-7,9,11H,5,12H2,1-2H3/t9-,11+/m0/s1. The van der Waals surface area contributed by atoms with Gasteiger partial charge in [0.1, 0.15) is 0 Å². The number of nitrogens with zero attached hydrogens (tertiary/aromatic N) is 1. The molecule has 0 aromatic carbocycles. The summed E-state index contributed by atoms with van der Waals surface area (Å²) in [5.74, 6) is 0.175. The predicted octanol–water partition coefficient (Wildman–Crippen LogP) is 1.76. The van der Waals surface area contributed by atoms with Crippen LogP contribution in [-0.2, 0) is 4.79 Å². The van der Waals surface area contributed by atoms with Crippen molar-refractivity contribution in [2.45, 2.75) is 38.4 Å². The van der Waals surface area contributed by atoms with E-state index in [2.05, 4.69) is 11.4 Å². The van der Waals surface area contributed by atoms with Gasteiger partial charge < -0.3 is 10.6 Å². The van der Waals surface area contributed by atoms with Gasteiger partial charge in [0.15, 0.2) is 0 Å². The Bertz CT molecular complexity index is 347. The second-order valence-corrected chi connectivity index (χ2v) is 5.04. The van der Waals surface area contributed by atoms with Gasteiger partial charge in [0.2, 0.25) is 5.91 Å². The monoisotopic (exact) mass is 224 g/mol. The minimum absolute atomic E-state index is 0.0606.